The zero-order valence-corrected chi connectivity index (χ0v) is 11.9. The number of halogens is 1. The van der Waals surface area contributed by atoms with Crippen molar-refractivity contribution in [3.63, 3.8) is 0 Å². The fourth-order valence-electron chi connectivity index (χ4n) is 1.79. The van der Waals surface area contributed by atoms with Crippen molar-refractivity contribution >= 4 is 23.2 Å². The number of carbonyl (C=O) groups excluding carboxylic acids is 1. The van der Waals surface area contributed by atoms with Crippen molar-refractivity contribution in [1.29, 1.82) is 0 Å². The number of anilines is 1. The lowest BCUT2D eigenvalue weighted by molar-refractivity contribution is 0.102. The molecule has 0 radical (unpaired) electrons. The van der Waals surface area contributed by atoms with Crippen LogP contribution in [0.2, 0.25) is 5.02 Å². The number of benzene rings is 2. The number of amides is 1. The van der Waals surface area contributed by atoms with Crippen LogP contribution in [0.1, 0.15) is 15.9 Å². The van der Waals surface area contributed by atoms with Crippen molar-refractivity contribution in [2.45, 2.75) is 6.92 Å². The third-order valence-corrected chi connectivity index (χ3v) is 3.11. The van der Waals surface area contributed by atoms with Gasteiger partial charge in [0.05, 0.1) is 23.4 Å². The van der Waals surface area contributed by atoms with E-state index in [1.807, 2.05) is 13.0 Å². The van der Waals surface area contributed by atoms with Gasteiger partial charge in [-0.2, -0.15) is 0 Å². The first-order chi connectivity index (χ1) is 9.51. The third-order valence-electron chi connectivity index (χ3n) is 2.80. The van der Waals surface area contributed by atoms with Crippen LogP contribution in [0.15, 0.2) is 36.4 Å². The van der Waals surface area contributed by atoms with Gasteiger partial charge in [0, 0.05) is 6.07 Å². The molecule has 0 heterocycles. The third kappa shape index (κ3) is 3.03. The molecule has 2 aromatic rings. The fourth-order valence-corrected chi connectivity index (χ4v) is 2.02. The Hall–Kier alpha value is -2.20. The van der Waals surface area contributed by atoms with E-state index in [0.29, 0.717) is 17.0 Å². The van der Waals surface area contributed by atoms with Gasteiger partial charge in [-0.3, -0.25) is 4.79 Å². The molecule has 0 unspecified atom stereocenters. The molecule has 0 aromatic heterocycles. The highest BCUT2D eigenvalue weighted by Gasteiger charge is 2.14. The number of hydrogen-bond acceptors (Lipinski definition) is 3. The Morgan fingerprint density at radius 3 is 2.65 bits per heavy atom. The van der Waals surface area contributed by atoms with E-state index in [2.05, 4.69) is 5.32 Å². The Morgan fingerprint density at radius 2 is 2.00 bits per heavy atom. The molecule has 0 saturated carbocycles. The predicted octanol–water partition coefficient (Wildman–Crippen LogP) is 3.61. The summed E-state index contributed by atoms with van der Waals surface area (Å²) in [5, 5.41) is 12.3. The summed E-state index contributed by atoms with van der Waals surface area (Å²) >= 11 is 5.96. The molecule has 0 aliphatic heterocycles. The number of hydrogen-bond donors (Lipinski definition) is 2. The van der Waals surface area contributed by atoms with Crippen LogP contribution >= 0.6 is 11.6 Å². The quantitative estimate of drug-likeness (QED) is 0.849. The topological polar surface area (TPSA) is 58.6 Å². The molecule has 0 bridgehead atoms. The SMILES string of the molecule is COc1ccc(C)cc1C(=O)Nc1ccc(O)cc1Cl. The Labute approximate surface area is 122 Å². The number of carbonyl (C=O) groups is 1. The maximum absolute atomic E-state index is 12.3. The number of phenolic OH excluding ortho intramolecular Hbond substituents is 1. The molecule has 2 rings (SSSR count). The van der Waals surface area contributed by atoms with Crippen LogP contribution in [-0.2, 0) is 0 Å². The first kappa shape index (κ1) is 14.2. The van der Waals surface area contributed by atoms with Crippen LogP contribution in [0.25, 0.3) is 0 Å². The summed E-state index contributed by atoms with van der Waals surface area (Å²) < 4.78 is 5.17. The standard InChI is InChI=1S/C15H14ClNO3/c1-9-3-6-14(20-2)11(7-9)15(19)17-13-5-4-10(18)8-12(13)16/h3-8,18H,1-2H3,(H,17,19). The molecular formula is C15H14ClNO3. The molecular weight excluding hydrogens is 278 g/mol. The minimum atomic E-state index is -0.321. The molecule has 0 aliphatic rings. The molecule has 0 fully saturated rings. The Bertz CT molecular complexity index is 656. The summed E-state index contributed by atoms with van der Waals surface area (Å²) in [7, 11) is 1.51. The Morgan fingerprint density at radius 1 is 1.25 bits per heavy atom. The average molecular weight is 292 g/mol. The lowest BCUT2D eigenvalue weighted by atomic mass is 10.1. The second-order valence-electron chi connectivity index (χ2n) is 4.32. The predicted molar refractivity (Wildman–Crippen MR) is 78.8 cm³/mol. The van der Waals surface area contributed by atoms with Gasteiger partial charge in [-0.05, 0) is 31.2 Å². The van der Waals surface area contributed by atoms with Crippen molar-refractivity contribution < 1.29 is 14.6 Å². The maximum atomic E-state index is 12.3. The van der Waals surface area contributed by atoms with E-state index in [0.717, 1.165) is 5.56 Å². The first-order valence-electron chi connectivity index (χ1n) is 5.96. The van der Waals surface area contributed by atoms with E-state index in [1.165, 1.54) is 25.3 Å². The van der Waals surface area contributed by atoms with Gasteiger partial charge in [-0.25, -0.2) is 0 Å². The zero-order valence-electron chi connectivity index (χ0n) is 11.1. The minimum absolute atomic E-state index is 0.0427. The van der Waals surface area contributed by atoms with Crippen LogP contribution in [-0.4, -0.2) is 18.1 Å². The van der Waals surface area contributed by atoms with Crippen molar-refractivity contribution in [2.75, 3.05) is 12.4 Å². The van der Waals surface area contributed by atoms with Gasteiger partial charge in [0.2, 0.25) is 0 Å². The van der Waals surface area contributed by atoms with Crippen molar-refractivity contribution in [2.24, 2.45) is 0 Å². The summed E-state index contributed by atoms with van der Waals surface area (Å²) in [4.78, 5) is 12.3. The van der Waals surface area contributed by atoms with E-state index >= 15 is 0 Å². The Kier molecular flexibility index (Phi) is 4.15. The molecule has 20 heavy (non-hydrogen) atoms. The number of aromatic hydroxyl groups is 1. The monoisotopic (exact) mass is 291 g/mol. The molecule has 104 valence electrons. The first-order valence-corrected chi connectivity index (χ1v) is 6.33. The van der Waals surface area contributed by atoms with E-state index in [1.54, 1.807) is 12.1 Å². The second kappa shape index (κ2) is 5.84. The van der Waals surface area contributed by atoms with E-state index in [9.17, 15) is 9.90 Å². The van der Waals surface area contributed by atoms with Crippen LogP contribution in [0, 0.1) is 6.92 Å². The smallest absolute Gasteiger partial charge is 0.259 e. The highest BCUT2D eigenvalue weighted by atomic mass is 35.5. The lowest BCUT2D eigenvalue weighted by Gasteiger charge is -2.11. The number of methoxy groups -OCH3 is 1. The highest BCUT2D eigenvalue weighted by molar-refractivity contribution is 6.34. The van der Waals surface area contributed by atoms with Gasteiger partial charge in [0.1, 0.15) is 11.5 Å². The van der Waals surface area contributed by atoms with Crippen LogP contribution in [0.4, 0.5) is 5.69 Å². The second-order valence-corrected chi connectivity index (χ2v) is 4.73. The molecule has 0 atom stereocenters. The molecule has 0 aliphatic carbocycles. The van der Waals surface area contributed by atoms with Crippen LogP contribution in [0.5, 0.6) is 11.5 Å². The molecule has 2 N–H and O–H groups in total. The zero-order chi connectivity index (χ0) is 14.7. The summed E-state index contributed by atoms with van der Waals surface area (Å²) in [6.45, 7) is 1.89. The van der Waals surface area contributed by atoms with Crippen LogP contribution < -0.4 is 10.1 Å². The van der Waals surface area contributed by atoms with Gasteiger partial charge in [0.25, 0.3) is 5.91 Å². The molecule has 4 nitrogen and oxygen atoms in total. The lowest BCUT2D eigenvalue weighted by Crippen LogP contribution is -2.13. The van der Waals surface area contributed by atoms with E-state index in [4.69, 9.17) is 16.3 Å². The summed E-state index contributed by atoms with van der Waals surface area (Å²) in [5.74, 6) is 0.210. The number of phenols is 1. The molecule has 0 spiro atoms. The minimum Gasteiger partial charge on any atom is -0.508 e. The van der Waals surface area contributed by atoms with Gasteiger partial charge in [-0.1, -0.05) is 23.2 Å². The number of aryl methyl sites for hydroxylation is 1. The van der Waals surface area contributed by atoms with E-state index in [-0.39, 0.29) is 16.7 Å². The van der Waals surface area contributed by atoms with Gasteiger partial charge in [0.15, 0.2) is 0 Å². The fraction of sp³-hybridized carbons (Fsp3) is 0.133. The van der Waals surface area contributed by atoms with E-state index < -0.39 is 0 Å². The average Bonchev–Trinajstić information content (AvgIpc) is 2.41. The molecule has 0 saturated heterocycles. The summed E-state index contributed by atoms with van der Waals surface area (Å²) in [5.41, 5.74) is 1.81. The maximum Gasteiger partial charge on any atom is 0.259 e. The van der Waals surface area contributed by atoms with Gasteiger partial charge < -0.3 is 15.2 Å². The normalized spacial score (nSPS) is 10.2. The summed E-state index contributed by atoms with van der Waals surface area (Å²) in [6.07, 6.45) is 0. The highest BCUT2D eigenvalue weighted by Crippen LogP contribution is 2.27. The van der Waals surface area contributed by atoms with Gasteiger partial charge in [-0.15, -0.1) is 0 Å². The number of nitrogens with one attached hydrogen (secondary N) is 1. The van der Waals surface area contributed by atoms with Crippen molar-refractivity contribution in [1.82, 2.24) is 0 Å². The Balaban J connectivity index is 2.30. The van der Waals surface area contributed by atoms with Crippen molar-refractivity contribution in [3.05, 3.63) is 52.5 Å². The summed E-state index contributed by atoms with van der Waals surface area (Å²) in [6, 6.07) is 9.70. The van der Waals surface area contributed by atoms with Crippen LogP contribution in [0.3, 0.4) is 0 Å². The largest absolute Gasteiger partial charge is 0.508 e. The molecule has 1 amide bonds. The molecule has 5 heteroatoms. The van der Waals surface area contributed by atoms with Crippen molar-refractivity contribution in [3.8, 4) is 11.5 Å². The number of ether oxygens (including phenoxy) is 1. The number of rotatable bonds is 3. The molecule has 2 aromatic carbocycles. The van der Waals surface area contributed by atoms with Gasteiger partial charge >= 0.3 is 0 Å².